The van der Waals surface area contributed by atoms with Crippen molar-refractivity contribution >= 4 is 23.0 Å². The Morgan fingerprint density at radius 3 is 2.76 bits per heavy atom. The molecule has 2 rings (SSSR count). The molecule has 21 heavy (non-hydrogen) atoms. The van der Waals surface area contributed by atoms with Crippen molar-refractivity contribution in [2.75, 3.05) is 17.7 Å². The third kappa shape index (κ3) is 3.51. The third-order valence-corrected chi connectivity index (χ3v) is 2.93. The smallest absolute Gasteiger partial charge is 0.340 e. The molecule has 0 spiro atoms. The molecule has 0 atom stereocenters. The minimum absolute atomic E-state index is 0.0562. The van der Waals surface area contributed by atoms with Crippen LogP contribution >= 0.6 is 0 Å². The molecule has 2 aromatic carbocycles. The van der Waals surface area contributed by atoms with Gasteiger partial charge in [-0.2, -0.15) is 0 Å². The number of nitrogen functional groups attached to an aromatic ring is 1. The summed E-state index contributed by atoms with van der Waals surface area (Å²) in [4.78, 5) is 11.8. The molecule has 0 aliphatic rings. The maximum atomic E-state index is 14.0. The number of rotatable bonds is 4. The van der Waals surface area contributed by atoms with Gasteiger partial charge in [-0.25, -0.2) is 9.18 Å². The molecule has 0 saturated carbocycles. The summed E-state index contributed by atoms with van der Waals surface area (Å²) in [5.41, 5.74) is 7.82. The zero-order valence-corrected chi connectivity index (χ0v) is 11.9. The number of aryl methyl sites for hydroxylation is 1. The van der Waals surface area contributed by atoms with Crippen LogP contribution in [0.5, 0.6) is 0 Å². The predicted octanol–water partition coefficient (Wildman–Crippen LogP) is 3.64. The van der Waals surface area contributed by atoms with Crippen molar-refractivity contribution in [2.45, 2.75) is 13.8 Å². The predicted molar refractivity (Wildman–Crippen MR) is 81.2 cm³/mol. The largest absolute Gasteiger partial charge is 0.462 e. The Kier molecular flexibility index (Phi) is 4.42. The van der Waals surface area contributed by atoms with Gasteiger partial charge in [0.15, 0.2) is 0 Å². The number of halogens is 1. The molecule has 0 radical (unpaired) electrons. The monoisotopic (exact) mass is 288 g/mol. The molecule has 0 unspecified atom stereocenters. The van der Waals surface area contributed by atoms with Crippen LogP contribution in [-0.2, 0) is 4.74 Å². The van der Waals surface area contributed by atoms with Crippen molar-refractivity contribution in [2.24, 2.45) is 0 Å². The molecular formula is C16H17FN2O2. The Morgan fingerprint density at radius 1 is 1.33 bits per heavy atom. The van der Waals surface area contributed by atoms with E-state index in [2.05, 4.69) is 5.32 Å². The van der Waals surface area contributed by atoms with Crippen LogP contribution in [0.2, 0.25) is 0 Å². The van der Waals surface area contributed by atoms with E-state index in [4.69, 9.17) is 10.5 Å². The second-order valence-corrected chi connectivity index (χ2v) is 4.63. The Hall–Kier alpha value is -2.56. The molecule has 0 saturated heterocycles. The first kappa shape index (κ1) is 14.8. The minimum Gasteiger partial charge on any atom is -0.462 e. The van der Waals surface area contributed by atoms with Crippen molar-refractivity contribution in [3.05, 3.63) is 53.3 Å². The molecule has 5 heteroatoms. The molecule has 0 amide bonds. The summed E-state index contributed by atoms with van der Waals surface area (Å²) in [6, 6.07) is 9.97. The van der Waals surface area contributed by atoms with Crippen molar-refractivity contribution in [1.82, 2.24) is 0 Å². The summed E-state index contributed by atoms with van der Waals surface area (Å²) in [5.74, 6) is -1.09. The zero-order chi connectivity index (χ0) is 15.4. The van der Waals surface area contributed by atoms with E-state index in [1.807, 2.05) is 31.2 Å². The second-order valence-electron chi connectivity index (χ2n) is 4.63. The fourth-order valence-electron chi connectivity index (χ4n) is 1.95. The van der Waals surface area contributed by atoms with Crippen LogP contribution in [0.1, 0.15) is 22.8 Å². The summed E-state index contributed by atoms with van der Waals surface area (Å²) in [6.45, 7) is 3.87. The number of hydrogen-bond donors (Lipinski definition) is 2. The van der Waals surface area contributed by atoms with E-state index in [9.17, 15) is 9.18 Å². The highest BCUT2D eigenvalue weighted by molar-refractivity contribution is 5.96. The molecule has 3 N–H and O–H groups in total. The highest BCUT2D eigenvalue weighted by Crippen LogP contribution is 2.26. The summed E-state index contributed by atoms with van der Waals surface area (Å²) < 4.78 is 18.9. The first-order chi connectivity index (χ1) is 10.0. The van der Waals surface area contributed by atoms with Gasteiger partial charge in [0, 0.05) is 11.4 Å². The first-order valence-electron chi connectivity index (χ1n) is 6.61. The lowest BCUT2D eigenvalue weighted by Gasteiger charge is -2.12. The van der Waals surface area contributed by atoms with Crippen LogP contribution in [0, 0.1) is 12.7 Å². The summed E-state index contributed by atoms with van der Waals surface area (Å²) >= 11 is 0. The van der Waals surface area contributed by atoms with Gasteiger partial charge in [0.1, 0.15) is 5.82 Å². The van der Waals surface area contributed by atoms with Crippen molar-refractivity contribution in [3.63, 3.8) is 0 Å². The number of anilines is 3. The summed E-state index contributed by atoms with van der Waals surface area (Å²) in [5, 5.41) is 2.94. The van der Waals surface area contributed by atoms with Crippen LogP contribution < -0.4 is 11.1 Å². The minimum atomic E-state index is -0.567. The van der Waals surface area contributed by atoms with Gasteiger partial charge in [-0.15, -0.1) is 0 Å². The topological polar surface area (TPSA) is 64.3 Å². The fourth-order valence-corrected chi connectivity index (χ4v) is 1.95. The van der Waals surface area contributed by atoms with Crippen LogP contribution in [0.4, 0.5) is 21.5 Å². The van der Waals surface area contributed by atoms with Gasteiger partial charge in [-0.05, 0) is 43.7 Å². The summed E-state index contributed by atoms with van der Waals surface area (Å²) in [6.07, 6.45) is 0. The molecule has 2 aromatic rings. The van der Waals surface area contributed by atoms with Gasteiger partial charge >= 0.3 is 5.97 Å². The Morgan fingerprint density at radius 2 is 2.10 bits per heavy atom. The number of nitrogens with one attached hydrogen (secondary N) is 1. The molecule has 110 valence electrons. The van der Waals surface area contributed by atoms with E-state index in [1.165, 1.54) is 6.07 Å². The van der Waals surface area contributed by atoms with Crippen LogP contribution in [0.25, 0.3) is 0 Å². The SMILES string of the molecule is CCOC(=O)c1cc(Nc2cccc(C)c2)c(F)cc1N. The van der Waals surface area contributed by atoms with Gasteiger partial charge in [0.05, 0.1) is 17.9 Å². The second kappa shape index (κ2) is 6.26. The van der Waals surface area contributed by atoms with Crippen LogP contribution in [-0.4, -0.2) is 12.6 Å². The lowest BCUT2D eigenvalue weighted by molar-refractivity contribution is 0.0527. The standard InChI is InChI=1S/C16H17FN2O2/c1-3-21-16(20)12-8-15(13(17)9-14(12)18)19-11-6-4-5-10(2)7-11/h4-9,19H,3,18H2,1-2H3. The van der Waals surface area contributed by atoms with Crippen molar-refractivity contribution in [3.8, 4) is 0 Å². The van der Waals surface area contributed by atoms with Crippen LogP contribution in [0.15, 0.2) is 36.4 Å². The Labute approximate surface area is 122 Å². The quantitative estimate of drug-likeness (QED) is 0.666. The van der Waals surface area contributed by atoms with Crippen molar-refractivity contribution in [1.29, 1.82) is 0 Å². The first-order valence-corrected chi connectivity index (χ1v) is 6.61. The number of carbonyl (C=O) groups excluding carboxylic acids is 1. The van der Waals surface area contributed by atoms with Gasteiger partial charge in [-0.1, -0.05) is 12.1 Å². The van der Waals surface area contributed by atoms with E-state index in [-0.39, 0.29) is 23.5 Å². The van der Waals surface area contributed by atoms with Gasteiger partial charge in [0.25, 0.3) is 0 Å². The molecular weight excluding hydrogens is 271 g/mol. The maximum absolute atomic E-state index is 14.0. The van der Waals surface area contributed by atoms with Gasteiger partial charge in [-0.3, -0.25) is 0 Å². The number of nitrogens with two attached hydrogens (primary N) is 1. The third-order valence-electron chi connectivity index (χ3n) is 2.93. The van der Waals surface area contributed by atoms with Crippen LogP contribution in [0.3, 0.4) is 0 Å². The summed E-state index contributed by atoms with van der Waals surface area (Å²) in [7, 11) is 0. The van der Waals surface area contributed by atoms with E-state index < -0.39 is 11.8 Å². The molecule has 4 nitrogen and oxygen atoms in total. The molecule has 0 heterocycles. The van der Waals surface area contributed by atoms with Gasteiger partial charge in [0.2, 0.25) is 0 Å². The highest BCUT2D eigenvalue weighted by Gasteiger charge is 2.15. The fraction of sp³-hybridized carbons (Fsp3) is 0.188. The number of esters is 1. The van der Waals surface area contributed by atoms with E-state index in [1.54, 1.807) is 6.92 Å². The Bertz CT molecular complexity index is 671. The molecule has 0 aliphatic carbocycles. The lowest BCUT2D eigenvalue weighted by atomic mass is 10.1. The van der Waals surface area contributed by atoms with E-state index >= 15 is 0 Å². The molecule has 0 bridgehead atoms. The highest BCUT2D eigenvalue weighted by atomic mass is 19.1. The van der Waals surface area contributed by atoms with Gasteiger partial charge < -0.3 is 15.8 Å². The van der Waals surface area contributed by atoms with E-state index in [0.29, 0.717) is 0 Å². The normalized spacial score (nSPS) is 10.2. The van der Waals surface area contributed by atoms with E-state index in [0.717, 1.165) is 17.3 Å². The maximum Gasteiger partial charge on any atom is 0.340 e. The number of ether oxygens (including phenoxy) is 1. The molecule has 0 fully saturated rings. The lowest BCUT2D eigenvalue weighted by Crippen LogP contribution is -2.09. The number of hydrogen-bond acceptors (Lipinski definition) is 4. The number of carbonyl (C=O) groups is 1. The molecule has 0 aliphatic heterocycles. The average molecular weight is 288 g/mol. The molecule has 0 aromatic heterocycles. The Balaban J connectivity index is 2.35. The van der Waals surface area contributed by atoms with Crippen molar-refractivity contribution < 1.29 is 13.9 Å². The average Bonchev–Trinajstić information content (AvgIpc) is 2.42. The zero-order valence-electron chi connectivity index (χ0n) is 11.9. The number of benzene rings is 2.